The van der Waals surface area contributed by atoms with Crippen molar-refractivity contribution in [2.45, 2.75) is 51.6 Å². The van der Waals surface area contributed by atoms with Crippen LogP contribution in [0.2, 0.25) is 0 Å². The van der Waals surface area contributed by atoms with Crippen LogP contribution in [-0.2, 0) is 4.74 Å². The van der Waals surface area contributed by atoms with Gasteiger partial charge in [0.05, 0.1) is 12.2 Å². The molecule has 4 rings (SSSR count). The third kappa shape index (κ3) is 5.17. The molecule has 0 bridgehead atoms. The lowest BCUT2D eigenvalue weighted by molar-refractivity contribution is 0.0188. The molecule has 9 heteroatoms. The van der Waals surface area contributed by atoms with Crippen LogP contribution in [0.1, 0.15) is 60.0 Å². The van der Waals surface area contributed by atoms with Crippen molar-refractivity contribution in [1.82, 2.24) is 0 Å². The van der Waals surface area contributed by atoms with Crippen molar-refractivity contribution >= 4 is 5.97 Å². The molecule has 3 nitrogen and oxygen atoms in total. The number of aryl methyl sites for hydroxylation is 1. The minimum atomic E-state index is -1.55. The number of hydrogen-bond acceptors (Lipinski definition) is 3. The lowest BCUT2D eigenvalue weighted by Gasteiger charge is -2.29. The van der Waals surface area contributed by atoms with Crippen LogP contribution < -0.4 is 4.74 Å². The maximum Gasteiger partial charge on any atom is 0.341 e. The molecule has 0 atom stereocenters. The number of esters is 1. The van der Waals surface area contributed by atoms with Gasteiger partial charge in [0.2, 0.25) is 5.82 Å². The Labute approximate surface area is 210 Å². The molecule has 3 aromatic rings. The minimum absolute atomic E-state index is 0.0819. The van der Waals surface area contributed by atoms with Gasteiger partial charge in [-0.3, -0.25) is 0 Å². The molecule has 0 radical (unpaired) electrons. The summed E-state index contributed by atoms with van der Waals surface area (Å²) in [6, 6.07) is 7.13. The first kappa shape index (κ1) is 26.6. The highest BCUT2D eigenvalue weighted by Gasteiger charge is 2.30. The summed E-state index contributed by atoms with van der Waals surface area (Å²) < 4.78 is 96.8. The molecular formula is C28H24F6O3. The van der Waals surface area contributed by atoms with Gasteiger partial charge in [-0.1, -0.05) is 18.2 Å². The fourth-order valence-electron chi connectivity index (χ4n) is 4.60. The Hall–Kier alpha value is -3.49. The van der Waals surface area contributed by atoms with Gasteiger partial charge in [-0.2, -0.15) is 4.39 Å². The monoisotopic (exact) mass is 522 g/mol. The lowest BCUT2D eigenvalue weighted by Crippen LogP contribution is -2.25. The molecule has 3 aromatic carbocycles. The summed E-state index contributed by atoms with van der Waals surface area (Å²) in [6.07, 6.45) is 0.849. The Morgan fingerprint density at radius 1 is 0.757 bits per heavy atom. The fourth-order valence-corrected chi connectivity index (χ4v) is 4.60. The molecule has 0 saturated heterocycles. The van der Waals surface area contributed by atoms with E-state index in [2.05, 4.69) is 0 Å². The third-order valence-electron chi connectivity index (χ3n) is 6.63. The fraction of sp³-hybridized carbons (Fsp3) is 0.321. The number of carbonyl (C=O) groups is 1. The first-order valence-corrected chi connectivity index (χ1v) is 11.9. The molecule has 196 valence electrons. The summed E-state index contributed by atoms with van der Waals surface area (Å²) in [7, 11) is 0. The summed E-state index contributed by atoms with van der Waals surface area (Å²) >= 11 is 0. The van der Waals surface area contributed by atoms with Crippen LogP contribution in [0, 0.1) is 41.8 Å². The second-order valence-corrected chi connectivity index (χ2v) is 8.94. The van der Waals surface area contributed by atoms with E-state index in [0.29, 0.717) is 25.7 Å². The second-order valence-electron chi connectivity index (χ2n) is 8.94. The van der Waals surface area contributed by atoms with Crippen molar-refractivity contribution in [3.8, 4) is 16.9 Å². The van der Waals surface area contributed by atoms with E-state index in [1.165, 1.54) is 13.0 Å². The van der Waals surface area contributed by atoms with Crippen molar-refractivity contribution in [2.24, 2.45) is 0 Å². The van der Waals surface area contributed by atoms with Crippen molar-refractivity contribution in [3.63, 3.8) is 0 Å². The predicted octanol–water partition coefficient (Wildman–Crippen LogP) is 7.78. The molecule has 0 aromatic heterocycles. The largest absolute Gasteiger partial charge is 0.491 e. The van der Waals surface area contributed by atoms with E-state index in [4.69, 9.17) is 9.47 Å². The standard InChI is InChI=1S/C28H24F6O3/c1-3-36-21-13-12-19(25(32)27(21)34)18-10-11-20(26(33)24(18)31)28(35)37-16-7-5-15(6-8-16)17-9-4-14(2)22(29)23(17)30/h4,9-13,15-16H,3,5-8H2,1-2H3. The van der Waals surface area contributed by atoms with Gasteiger partial charge in [-0.15, -0.1) is 0 Å². The number of benzene rings is 3. The molecule has 1 aliphatic rings. The van der Waals surface area contributed by atoms with E-state index in [-0.39, 0.29) is 29.4 Å². The van der Waals surface area contributed by atoms with Crippen LogP contribution in [0.5, 0.6) is 5.75 Å². The molecule has 1 aliphatic carbocycles. The Bertz CT molecular complexity index is 1330. The average molecular weight is 522 g/mol. The number of ether oxygens (including phenoxy) is 2. The first-order valence-electron chi connectivity index (χ1n) is 11.9. The van der Waals surface area contributed by atoms with Crippen LogP contribution in [0.25, 0.3) is 11.1 Å². The topological polar surface area (TPSA) is 35.5 Å². The van der Waals surface area contributed by atoms with E-state index in [0.717, 1.165) is 24.3 Å². The highest BCUT2D eigenvalue weighted by atomic mass is 19.2. The van der Waals surface area contributed by atoms with E-state index in [9.17, 15) is 31.1 Å². The number of rotatable bonds is 6. The lowest BCUT2D eigenvalue weighted by atomic mass is 9.82. The van der Waals surface area contributed by atoms with Crippen LogP contribution in [0.4, 0.5) is 26.3 Å². The van der Waals surface area contributed by atoms with Gasteiger partial charge in [0.1, 0.15) is 6.10 Å². The van der Waals surface area contributed by atoms with E-state index in [1.54, 1.807) is 13.0 Å². The van der Waals surface area contributed by atoms with E-state index < -0.39 is 63.7 Å². The Morgan fingerprint density at radius 2 is 1.38 bits per heavy atom. The maximum atomic E-state index is 14.8. The summed E-state index contributed by atoms with van der Waals surface area (Å²) in [5.41, 5.74) is -1.33. The van der Waals surface area contributed by atoms with Gasteiger partial charge in [0.15, 0.2) is 34.8 Å². The van der Waals surface area contributed by atoms with Gasteiger partial charge in [-0.05, 0) is 74.8 Å². The zero-order chi connectivity index (χ0) is 26.9. The normalized spacial score (nSPS) is 17.5. The molecule has 37 heavy (non-hydrogen) atoms. The quantitative estimate of drug-likeness (QED) is 0.245. The number of hydrogen-bond donors (Lipinski definition) is 0. The Balaban J connectivity index is 1.46. The highest BCUT2D eigenvalue weighted by Crippen LogP contribution is 2.37. The molecule has 0 heterocycles. The Morgan fingerprint density at radius 3 is 2.03 bits per heavy atom. The van der Waals surface area contributed by atoms with Crippen molar-refractivity contribution in [2.75, 3.05) is 6.61 Å². The molecule has 0 aliphatic heterocycles. The van der Waals surface area contributed by atoms with Crippen LogP contribution in [-0.4, -0.2) is 18.7 Å². The molecule has 1 saturated carbocycles. The summed E-state index contributed by atoms with van der Waals surface area (Å²) in [5.74, 6) is -9.36. The molecule has 0 unspecified atom stereocenters. The molecule has 0 amide bonds. The second kappa shape index (κ2) is 10.9. The van der Waals surface area contributed by atoms with E-state index in [1.807, 2.05) is 0 Å². The zero-order valence-electron chi connectivity index (χ0n) is 20.1. The Kier molecular flexibility index (Phi) is 7.80. The van der Waals surface area contributed by atoms with Crippen molar-refractivity contribution in [1.29, 1.82) is 0 Å². The third-order valence-corrected chi connectivity index (χ3v) is 6.63. The smallest absolute Gasteiger partial charge is 0.341 e. The van der Waals surface area contributed by atoms with Gasteiger partial charge >= 0.3 is 5.97 Å². The molecule has 1 fully saturated rings. The summed E-state index contributed by atoms with van der Waals surface area (Å²) in [5, 5.41) is 0. The van der Waals surface area contributed by atoms with Crippen LogP contribution in [0.3, 0.4) is 0 Å². The van der Waals surface area contributed by atoms with Crippen LogP contribution >= 0.6 is 0 Å². The van der Waals surface area contributed by atoms with Gasteiger partial charge in [0.25, 0.3) is 0 Å². The number of halogens is 6. The SMILES string of the molecule is CCOc1ccc(-c2ccc(C(=O)OC3CCC(c4ccc(C)c(F)c4F)CC3)c(F)c2F)c(F)c1F. The average Bonchev–Trinajstić information content (AvgIpc) is 2.88. The highest BCUT2D eigenvalue weighted by molar-refractivity contribution is 5.90. The van der Waals surface area contributed by atoms with Crippen LogP contribution in [0.15, 0.2) is 36.4 Å². The van der Waals surface area contributed by atoms with Gasteiger partial charge in [-0.25, -0.2) is 26.7 Å². The molecular weight excluding hydrogens is 498 g/mol. The molecule has 0 N–H and O–H groups in total. The van der Waals surface area contributed by atoms with E-state index >= 15 is 0 Å². The summed E-state index contributed by atoms with van der Waals surface area (Å²) in [4.78, 5) is 12.6. The van der Waals surface area contributed by atoms with Crippen molar-refractivity contribution < 1.29 is 40.6 Å². The summed E-state index contributed by atoms with van der Waals surface area (Å²) in [6.45, 7) is 3.13. The maximum absolute atomic E-state index is 14.8. The van der Waals surface area contributed by atoms with Gasteiger partial charge < -0.3 is 9.47 Å². The van der Waals surface area contributed by atoms with Crippen molar-refractivity contribution in [3.05, 3.63) is 88.0 Å². The minimum Gasteiger partial charge on any atom is -0.491 e. The first-order chi connectivity index (χ1) is 17.6. The predicted molar refractivity (Wildman–Crippen MR) is 124 cm³/mol. The molecule has 0 spiro atoms. The zero-order valence-corrected chi connectivity index (χ0v) is 20.1. The number of carbonyl (C=O) groups excluding carboxylic acids is 1. The van der Waals surface area contributed by atoms with Gasteiger partial charge in [0, 0.05) is 11.1 Å².